The van der Waals surface area contributed by atoms with E-state index in [1.807, 2.05) is 31.2 Å². The van der Waals surface area contributed by atoms with Crippen molar-refractivity contribution in [1.29, 1.82) is 0 Å². The van der Waals surface area contributed by atoms with E-state index >= 15 is 0 Å². The second-order valence-corrected chi connectivity index (χ2v) is 4.83. The van der Waals surface area contributed by atoms with Crippen molar-refractivity contribution in [2.75, 3.05) is 13.2 Å². The molecule has 0 unspecified atom stereocenters. The molecule has 1 N–H and O–H groups in total. The van der Waals surface area contributed by atoms with Crippen LogP contribution in [0.2, 0.25) is 0 Å². The Morgan fingerprint density at radius 2 is 2.00 bits per heavy atom. The Bertz CT molecular complexity index is 562. The summed E-state index contributed by atoms with van der Waals surface area (Å²) in [5.74, 6) is 0.467. The molecule has 0 spiro atoms. The molecule has 0 aliphatic carbocycles. The molecule has 0 fully saturated rings. The van der Waals surface area contributed by atoms with E-state index in [-0.39, 0.29) is 4.88 Å². The van der Waals surface area contributed by atoms with Gasteiger partial charge in [0.2, 0.25) is 0 Å². The number of carboxylic acid groups (broad SMARTS) is 1. The average molecular weight is 278 g/mol. The summed E-state index contributed by atoms with van der Waals surface area (Å²) in [6, 6.07) is 9.27. The SMILES string of the molecule is Cc1ccccc1OCCOc1csc(C(=O)O)c1. The standard InChI is InChI=1S/C14H14O4S/c1-10-4-2-3-5-12(10)18-7-6-17-11-8-13(14(15)16)19-9-11/h2-5,8-9H,6-7H2,1H3,(H,15,16). The monoisotopic (exact) mass is 278 g/mol. The predicted octanol–water partition coefficient (Wildman–Crippen LogP) is 3.21. The molecule has 5 heteroatoms. The van der Waals surface area contributed by atoms with Crippen LogP contribution in [0, 0.1) is 6.92 Å². The smallest absolute Gasteiger partial charge is 0.346 e. The molecule has 4 nitrogen and oxygen atoms in total. The van der Waals surface area contributed by atoms with E-state index in [0.29, 0.717) is 19.0 Å². The van der Waals surface area contributed by atoms with Crippen molar-refractivity contribution in [2.24, 2.45) is 0 Å². The van der Waals surface area contributed by atoms with E-state index < -0.39 is 5.97 Å². The highest BCUT2D eigenvalue weighted by atomic mass is 32.1. The summed E-state index contributed by atoms with van der Waals surface area (Å²) >= 11 is 1.15. The Morgan fingerprint density at radius 3 is 2.68 bits per heavy atom. The number of aryl methyl sites for hydroxylation is 1. The summed E-state index contributed by atoms with van der Waals surface area (Å²) in [5.41, 5.74) is 1.08. The predicted molar refractivity (Wildman–Crippen MR) is 73.4 cm³/mol. The summed E-state index contributed by atoms with van der Waals surface area (Å²) in [4.78, 5) is 11.0. The fraction of sp³-hybridized carbons (Fsp3) is 0.214. The van der Waals surface area contributed by atoms with Crippen LogP contribution in [0.3, 0.4) is 0 Å². The van der Waals surface area contributed by atoms with Crippen LogP contribution in [0.5, 0.6) is 11.5 Å². The number of benzene rings is 1. The molecule has 0 saturated heterocycles. The van der Waals surface area contributed by atoms with Gasteiger partial charge < -0.3 is 14.6 Å². The third kappa shape index (κ3) is 3.72. The zero-order valence-electron chi connectivity index (χ0n) is 10.5. The van der Waals surface area contributed by atoms with E-state index in [9.17, 15) is 4.79 Å². The summed E-state index contributed by atoms with van der Waals surface area (Å²) in [6.45, 7) is 2.78. The number of hydrogen-bond acceptors (Lipinski definition) is 4. The Morgan fingerprint density at radius 1 is 1.26 bits per heavy atom. The molecular formula is C14H14O4S. The second-order valence-electron chi connectivity index (χ2n) is 3.91. The van der Waals surface area contributed by atoms with Crippen LogP contribution >= 0.6 is 11.3 Å². The maximum Gasteiger partial charge on any atom is 0.346 e. The highest BCUT2D eigenvalue weighted by Gasteiger charge is 2.07. The molecule has 19 heavy (non-hydrogen) atoms. The lowest BCUT2D eigenvalue weighted by molar-refractivity contribution is 0.0702. The maximum absolute atomic E-state index is 10.7. The molecular weight excluding hydrogens is 264 g/mol. The number of para-hydroxylation sites is 1. The van der Waals surface area contributed by atoms with Gasteiger partial charge in [0.1, 0.15) is 29.6 Å². The molecule has 0 radical (unpaired) electrons. The maximum atomic E-state index is 10.7. The minimum Gasteiger partial charge on any atom is -0.490 e. The summed E-state index contributed by atoms with van der Waals surface area (Å²) in [6.07, 6.45) is 0. The first-order chi connectivity index (χ1) is 9.16. The number of thiophene rings is 1. The van der Waals surface area contributed by atoms with Gasteiger partial charge >= 0.3 is 5.97 Å². The number of carboxylic acids is 1. The highest BCUT2D eigenvalue weighted by molar-refractivity contribution is 7.12. The van der Waals surface area contributed by atoms with Crippen molar-refractivity contribution in [3.05, 3.63) is 46.2 Å². The number of aromatic carboxylic acids is 1. The van der Waals surface area contributed by atoms with Crippen LogP contribution in [0.1, 0.15) is 15.2 Å². The van der Waals surface area contributed by atoms with E-state index in [4.69, 9.17) is 14.6 Å². The third-order valence-electron chi connectivity index (χ3n) is 2.49. The van der Waals surface area contributed by atoms with Crippen molar-refractivity contribution in [1.82, 2.24) is 0 Å². The van der Waals surface area contributed by atoms with E-state index in [2.05, 4.69) is 0 Å². The summed E-state index contributed by atoms with van der Waals surface area (Å²) < 4.78 is 11.0. The lowest BCUT2D eigenvalue weighted by Gasteiger charge is -2.09. The van der Waals surface area contributed by atoms with Gasteiger partial charge in [0.05, 0.1) is 0 Å². The lowest BCUT2D eigenvalue weighted by atomic mass is 10.2. The molecule has 0 aliphatic heterocycles. The van der Waals surface area contributed by atoms with E-state index in [1.165, 1.54) is 6.07 Å². The number of rotatable bonds is 6. The Labute approximate surface area is 115 Å². The average Bonchev–Trinajstić information content (AvgIpc) is 2.85. The van der Waals surface area contributed by atoms with Gasteiger partial charge in [-0.15, -0.1) is 11.3 Å². The number of carbonyl (C=O) groups is 1. The van der Waals surface area contributed by atoms with Crippen molar-refractivity contribution in [2.45, 2.75) is 6.92 Å². The van der Waals surface area contributed by atoms with Crippen LogP contribution in [0.25, 0.3) is 0 Å². The molecule has 0 amide bonds. The van der Waals surface area contributed by atoms with Gasteiger partial charge in [-0.2, -0.15) is 0 Å². The quantitative estimate of drug-likeness (QED) is 0.824. The van der Waals surface area contributed by atoms with Gasteiger partial charge in [-0.05, 0) is 18.6 Å². The molecule has 2 aromatic rings. The molecule has 2 rings (SSSR count). The van der Waals surface area contributed by atoms with Gasteiger partial charge in [0.25, 0.3) is 0 Å². The Balaban J connectivity index is 1.77. The third-order valence-corrected chi connectivity index (χ3v) is 3.39. The molecule has 1 aromatic carbocycles. The molecule has 100 valence electrons. The normalized spacial score (nSPS) is 10.2. The van der Waals surface area contributed by atoms with Gasteiger partial charge in [0.15, 0.2) is 0 Å². The van der Waals surface area contributed by atoms with Crippen molar-refractivity contribution < 1.29 is 19.4 Å². The van der Waals surface area contributed by atoms with Crippen LogP contribution in [0.4, 0.5) is 0 Å². The van der Waals surface area contributed by atoms with Gasteiger partial charge in [-0.1, -0.05) is 18.2 Å². The van der Waals surface area contributed by atoms with Crippen LogP contribution < -0.4 is 9.47 Å². The lowest BCUT2D eigenvalue weighted by Crippen LogP contribution is -2.09. The first kappa shape index (κ1) is 13.4. The number of ether oxygens (including phenoxy) is 2. The van der Waals surface area contributed by atoms with Crippen molar-refractivity contribution in [3.8, 4) is 11.5 Å². The molecule has 1 heterocycles. The first-order valence-corrected chi connectivity index (χ1v) is 6.68. The second kappa shape index (κ2) is 6.24. The van der Waals surface area contributed by atoms with Crippen molar-refractivity contribution >= 4 is 17.3 Å². The van der Waals surface area contributed by atoms with Gasteiger partial charge in [-0.3, -0.25) is 0 Å². The topological polar surface area (TPSA) is 55.8 Å². The first-order valence-electron chi connectivity index (χ1n) is 5.80. The van der Waals surface area contributed by atoms with Crippen LogP contribution in [-0.4, -0.2) is 24.3 Å². The zero-order chi connectivity index (χ0) is 13.7. The van der Waals surface area contributed by atoms with Crippen LogP contribution in [-0.2, 0) is 0 Å². The minimum absolute atomic E-state index is 0.273. The van der Waals surface area contributed by atoms with Gasteiger partial charge in [0, 0.05) is 11.4 Å². The van der Waals surface area contributed by atoms with Crippen LogP contribution in [0.15, 0.2) is 35.7 Å². The van der Waals surface area contributed by atoms with Gasteiger partial charge in [-0.25, -0.2) is 4.79 Å². The zero-order valence-corrected chi connectivity index (χ0v) is 11.3. The fourth-order valence-corrected chi connectivity index (χ4v) is 2.20. The molecule has 1 aromatic heterocycles. The number of hydrogen-bond donors (Lipinski definition) is 1. The van der Waals surface area contributed by atoms with Crippen molar-refractivity contribution in [3.63, 3.8) is 0 Å². The summed E-state index contributed by atoms with van der Waals surface area (Å²) in [7, 11) is 0. The minimum atomic E-state index is -0.934. The van der Waals surface area contributed by atoms with E-state index in [0.717, 1.165) is 22.6 Å². The Hall–Kier alpha value is -2.01. The largest absolute Gasteiger partial charge is 0.490 e. The molecule has 0 saturated carbocycles. The van der Waals surface area contributed by atoms with E-state index in [1.54, 1.807) is 5.38 Å². The fourth-order valence-electron chi connectivity index (χ4n) is 1.54. The molecule has 0 aliphatic rings. The molecule has 0 bridgehead atoms. The Kier molecular flexibility index (Phi) is 4.41. The summed E-state index contributed by atoms with van der Waals surface area (Å²) in [5, 5.41) is 10.5. The highest BCUT2D eigenvalue weighted by Crippen LogP contribution is 2.21. The molecule has 0 atom stereocenters.